The van der Waals surface area contributed by atoms with Crippen LogP contribution in [0.3, 0.4) is 0 Å². The van der Waals surface area contributed by atoms with Crippen molar-refractivity contribution < 1.29 is 0 Å². The molecule has 122 valence electrons. The molecule has 0 bridgehead atoms. The first kappa shape index (κ1) is 13.9. The van der Waals surface area contributed by atoms with Crippen molar-refractivity contribution in [1.29, 1.82) is 0 Å². The predicted octanol–water partition coefficient (Wildman–Crippen LogP) is 2.49. The quantitative estimate of drug-likeness (QED) is 0.741. The minimum Gasteiger partial charge on any atom is -0.331 e. The molecule has 0 N–H and O–H groups in total. The van der Waals surface area contributed by atoms with Gasteiger partial charge in [0.05, 0.1) is 13.1 Å². The molecule has 0 amide bonds. The van der Waals surface area contributed by atoms with Gasteiger partial charge in [-0.2, -0.15) is 0 Å². The van der Waals surface area contributed by atoms with Gasteiger partial charge in [0.1, 0.15) is 11.6 Å². The molecular formula is C18H20N6. The molecule has 2 aromatic heterocycles. The number of fused-ring (bicyclic) bond motifs is 1. The zero-order valence-corrected chi connectivity index (χ0v) is 13.5. The molecule has 1 fully saturated rings. The van der Waals surface area contributed by atoms with E-state index in [1.54, 1.807) is 0 Å². The van der Waals surface area contributed by atoms with Crippen LogP contribution in [0.2, 0.25) is 0 Å². The van der Waals surface area contributed by atoms with Gasteiger partial charge in [-0.15, -0.1) is 10.2 Å². The Morgan fingerprint density at radius 3 is 2.75 bits per heavy atom. The van der Waals surface area contributed by atoms with Crippen molar-refractivity contribution in [1.82, 2.24) is 29.2 Å². The Kier molecular flexibility index (Phi) is 3.23. The Labute approximate surface area is 140 Å². The second kappa shape index (κ2) is 5.56. The highest BCUT2D eigenvalue weighted by Gasteiger charge is 2.27. The number of imidazole rings is 1. The number of nitrogens with zero attached hydrogens (tertiary/aromatic N) is 6. The van der Waals surface area contributed by atoms with Gasteiger partial charge >= 0.3 is 0 Å². The highest BCUT2D eigenvalue weighted by molar-refractivity contribution is 5.55. The second-order valence-electron chi connectivity index (χ2n) is 6.65. The molecule has 0 radical (unpaired) electrons. The zero-order valence-electron chi connectivity index (χ0n) is 13.5. The lowest BCUT2D eigenvalue weighted by atomic mass is 10.2. The molecule has 1 aromatic carbocycles. The van der Waals surface area contributed by atoms with Gasteiger partial charge in [0.2, 0.25) is 0 Å². The third kappa shape index (κ3) is 2.43. The van der Waals surface area contributed by atoms with Crippen LogP contribution < -0.4 is 0 Å². The van der Waals surface area contributed by atoms with Crippen LogP contribution in [-0.2, 0) is 19.6 Å². The second-order valence-corrected chi connectivity index (χ2v) is 6.65. The van der Waals surface area contributed by atoms with Gasteiger partial charge in [-0.3, -0.25) is 4.90 Å². The molecular weight excluding hydrogens is 300 g/mol. The Hall–Kier alpha value is -2.47. The predicted molar refractivity (Wildman–Crippen MR) is 90.1 cm³/mol. The molecule has 5 rings (SSSR count). The third-order valence-electron chi connectivity index (χ3n) is 4.92. The first-order chi connectivity index (χ1) is 11.9. The summed E-state index contributed by atoms with van der Waals surface area (Å²) in [6.07, 6.45) is 6.62. The summed E-state index contributed by atoms with van der Waals surface area (Å²) in [6, 6.07) is 11.0. The summed E-state index contributed by atoms with van der Waals surface area (Å²) >= 11 is 0. The summed E-state index contributed by atoms with van der Waals surface area (Å²) in [5.74, 6) is 3.20. The van der Waals surface area contributed by atoms with Crippen LogP contribution in [0, 0.1) is 0 Å². The Morgan fingerprint density at radius 2 is 1.92 bits per heavy atom. The molecule has 3 heterocycles. The molecule has 3 aromatic rings. The van der Waals surface area contributed by atoms with E-state index in [9.17, 15) is 0 Å². The van der Waals surface area contributed by atoms with Crippen molar-refractivity contribution >= 4 is 0 Å². The maximum Gasteiger partial charge on any atom is 0.164 e. The van der Waals surface area contributed by atoms with Crippen LogP contribution in [0.15, 0.2) is 42.7 Å². The minimum atomic E-state index is 0.681. The maximum absolute atomic E-state index is 4.56. The summed E-state index contributed by atoms with van der Waals surface area (Å²) in [5.41, 5.74) is 1.13. The first-order valence-corrected chi connectivity index (χ1v) is 8.60. The van der Waals surface area contributed by atoms with Crippen molar-refractivity contribution in [2.75, 3.05) is 6.54 Å². The summed E-state index contributed by atoms with van der Waals surface area (Å²) < 4.78 is 4.59. The fourth-order valence-corrected chi connectivity index (χ4v) is 3.50. The number of hydrogen-bond donors (Lipinski definition) is 0. The van der Waals surface area contributed by atoms with Gasteiger partial charge in [-0.05, 0) is 12.8 Å². The normalized spacial score (nSPS) is 17.8. The molecule has 1 aliphatic heterocycles. The van der Waals surface area contributed by atoms with E-state index in [2.05, 4.69) is 47.5 Å². The van der Waals surface area contributed by atoms with Gasteiger partial charge in [-0.25, -0.2) is 4.98 Å². The highest BCUT2D eigenvalue weighted by Crippen LogP contribution is 2.35. The summed E-state index contributed by atoms with van der Waals surface area (Å²) in [6.45, 7) is 3.65. The average molecular weight is 320 g/mol. The molecule has 1 saturated carbocycles. The van der Waals surface area contributed by atoms with E-state index in [1.807, 2.05) is 24.4 Å². The van der Waals surface area contributed by atoms with Gasteiger partial charge in [0, 0.05) is 37.1 Å². The summed E-state index contributed by atoms with van der Waals surface area (Å²) in [5, 5.41) is 8.85. The van der Waals surface area contributed by atoms with Gasteiger partial charge < -0.3 is 9.13 Å². The number of benzene rings is 1. The van der Waals surface area contributed by atoms with Crippen molar-refractivity contribution in [3.05, 3.63) is 54.4 Å². The van der Waals surface area contributed by atoms with Crippen LogP contribution in [0.25, 0.3) is 11.4 Å². The van der Waals surface area contributed by atoms with Crippen molar-refractivity contribution in [2.45, 2.75) is 38.5 Å². The molecule has 1 aliphatic carbocycles. The van der Waals surface area contributed by atoms with E-state index in [0.29, 0.717) is 6.04 Å². The smallest absolute Gasteiger partial charge is 0.164 e. The highest BCUT2D eigenvalue weighted by atomic mass is 15.3. The number of rotatable bonds is 4. The monoisotopic (exact) mass is 320 g/mol. The Morgan fingerprint density at radius 1 is 1.04 bits per heavy atom. The van der Waals surface area contributed by atoms with E-state index in [0.717, 1.165) is 43.4 Å². The molecule has 0 atom stereocenters. The molecule has 6 nitrogen and oxygen atoms in total. The van der Waals surface area contributed by atoms with E-state index >= 15 is 0 Å². The Balaban J connectivity index is 1.36. The largest absolute Gasteiger partial charge is 0.331 e. The Bertz CT molecular complexity index is 846. The molecule has 0 spiro atoms. The molecule has 0 unspecified atom stereocenters. The van der Waals surface area contributed by atoms with Gasteiger partial charge in [0.15, 0.2) is 5.82 Å². The summed E-state index contributed by atoms with van der Waals surface area (Å²) in [7, 11) is 0. The van der Waals surface area contributed by atoms with Crippen LogP contribution in [0.4, 0.5) is 0 Å². The molecule has 6 heteroatoms. The van der Waals surface area contributed by atoms with E-state index in [4.69, 9.17) is 0 Å². The first-order valence-electron chi connectivity index (χ1n) is 8.60. The molecule has 2 aliphatic rings. The fourth-order valence-electron chi connectivity index (χ4n) is 3.50. The molecule has 0 saturated heterocycles. The fraction of sp³-hybridized carbons (Fsp3) is 0.389. The lowest BCUT2D eigenvalue weighted by molar-refractivity contribution is 0.202. The van der Waals surface area contributed by atoms with Crippen LogP contribution >= 0.6 is 0 Å². The average Bonchev–Trinajstić information content (AvgIpc) is 3.22. The topological polar surface area (TPSA) is 51.8 Å². The molecule has 24 heavy (non-hydrogen) atoms. The van der Waals surface area contributed by atoms with Gasteiger partial charge in [-0.1, -0.05) is 30.3 Å². The number of hydrogen-bond acceptors (Lipinski definition) is 4. The standard InChI is InChI=1S/C18H20N6/c1-2-4-14(5-3-1)18-21-20-17-13-22(10-11-24(17)18)12-16-19-8-9-23(16)15-6-7-15/h1-5,8-9,15H,6-7,10-13H2. The SMILES string of the molecule is c1ccc(-c2nnc3n2CCN(Cc2nccn2C2CC2)C3)cc1. The number of aromatic nitrogens is 5. The van der Waals surface area contributed by atoms with E-state index in [-0.39, 0.29) is 0 Å². The zero-order chi connectivity index (χ0) is 15.9. The van der Waals surface area contributed by atoms with Crippen molar-refractivity contribution in [3.63, 3.8) is 0 Å². The third-order valence-corrected chi connectivity index (χ3v) is 4.92. The lowest BCUT2D eigenvalue weighted by Gasteiger charge is -2.27. The van der Waals surface area contributed by atoms with E-state index in [1.165, 1.54) is 18.7 Å². The van der Waals surface area contributed by atoms with Crippen LogP contribution in [-0.4, -0.2) is 35.8 Å². The summed E-state index contributed by atoms with van der Waals surface area (Å²) in [4.78, 5) is 6.98. The van der Waals surface area contributed by atoms with Crippen molar-refractivity contribution in [3.8, 4) is 11.4 Å². The van der Waals surface area contributed by atoms with Crippen molar-refractivity contribution in [2.24, 2.45) is 0 Å². The van der Waals surface area contributed by atoms with E-state index < -0.39 is 0 Å². The maximum atomic E-state index is 4.56. The minimum absolute atomic E-state index is 0.681. The lowest BCUT2D eigenvalue weighted by Crippen LogP contribution is -2.34. The van der Waals surface area contributed by atoms with Gasteiger partial charge in [0.25, 0.3) is 0 Å². The van der Waals surface area contributed by atoms with Crippen LogP contribution in [0.5, 0.6) is 0 Å². The van der Waals surface area contributed by atoms with Crippen LogP contribution in [0.1, 0.15) is 30.5 Å².